The van der Waals surface area contributed by atoms with Crippen LogP contribution in [0.3, 0.4) is 0 Å². The van der Waals surface area contributed by atoms with Gasteiger partial charge in [-0.1, -0.05) is 36.4 Å². The molecule has 0 unspecified atom stereocenters. The highest BCUT2D eigenvalue weighted by Gasteiger charge is 2.04. The number of benzene rings is 2. The first-order valence-corrected chi connectivity index (χ1v) is 9.40. The molecule has 0 bridgehead atoms. The summed E-state index contributed by atoms with van der Waals surface area (Å²) in [6.45, 7) is 0.480. The maximum Gasteiger partial charge on any atom is 0.221 e. The zero-order valence-corrected chi connectivity index (χ0v) is 15.1. The van der Waals surface area contributed by atoms with Crippen molar-refractivity contribution in [1.29, 1.82) is 0 Å². The molecule has 0 radical (unpaired) electrons. The number of amides is 1. The lowest BCUT2D eigenvalue weighted by Gasteiger charge is -2.08. The quantitative estimate of drug-likeness (QED) is 0.590. The summed E-state index contributed by atoms with van der Waals surface area (Å²) >= 11 is 1.69. The zero-order valence-electron chi connectivity index (χ0n) is 14.3. The van der Waals surface area contributed by atoms with Crippen LogP contribution >= 0.6 is 11.8 Å². The van der Waals surface area contributed by atoms with Gasteiger partial charge in [0.05, 0.1) is 0 Å². The fourth-order valence-corrected chi connectivity index (χ4v) is 3.19. The molecule has 0 aliphatic carbocycles. The van der Waals surface area contributed by atoms with Crippen LogP contribution in [0.1, 0.15) is 12.0 Å². The highest BCUT2D eigenvalue weighted by atomic mass is 32.2. The van der Waals surface area contributed by atoms with Crippen molar-refractivity contribution in [3.63, 3.8) is 0 Å². The average molecular weight is 364 g/mol. The second-order valence-corrected chi connectivity index (χ2v) is 6.77. The molecular formula is C21H20N2O2S. The number of carbonyl (C=O) groups is 1. The van der Waals surface area contributed by atoms with Gasteiger partial charge in [-0.05, 0) is 35.9 Å². The van der Waals surface area contributed by atoms with E-state index in [-0.39, 0.29) is 5.91 Å². The summed E-state index contributed by atoms with van der Waals surface area (Å²) < 4.78 is 5.71. The third kappa shape index (κ3) is 5.93. The summed E-state index contributed by atoms with van der Waals surface area (Å²) in [5.41, 5.74) is 0.988. The van der Waals surface area contributed by atoms with Crippen molar-refractivity contribution >= 4 is 17.7 Å². The maximum atomic E-state index is 12.0. The molecule has 0 fully saturated rings. The van der Waals surface area contributed by atoms with Gasteiger partial charge in [0.1, 0.15) is 5.75 Å². The Labute approximate surface area is 157 Å². The Morgan fingerprint density at radius 2 is 1.85 bits per heavy atom. The fourth-order valence-electron chi connectivity index (χ4n) is 2.31. The summed E-state index contributed by atoms with van der Waals surface area (Å²) in [6, 6.07) is 23.3. The van der Waals surface area contributed by atoms with E-state index >= 15 is 0 Å². The summed E-state index contributed by atoms with van der Waals surface area (Å²) in [4.78, 5) is 17.3. The van der Waals surface area contributed by atoms with Gasteiger partial charge in [0.15, 0.2) is 0 Å². The van der Waals surface area contributed by atoms with Crippen molar-refractivity contribution in [3.8, 4) is 11.6 Å². The van der Waals surface area contributed by atoms with Gasteiger partial charge in [-0.25, -0.2) is 4.98 Å². The molecule has 5 heteroatoms. The number of ether oxygens (including phenoxy) is 1. The molecule has 0 atom stereocenters. The molecule has 1 N–H and O–H groups in total. The van der Waals surface area contributed by atoms with E-state index in [1.807, 2.05) is 54.6 Å². The molecule has 1 amide bonds. The van der Waals surface area contributed by atoms with E-state index < -0.39 is 0 Å². The Morgan fingerprint density at radius 3 is 2.65 bits per heavy atom. The monoisotopic (exact) mass is 364 g/mol. The van der Waals surface area contributed by atoms with E-state index in [1.54, 1.807) is 24.0 Å². The molecule has 0 saturated heterocycles. The molecule has 0 spiro atoms. The highest BCUT2D eigenvalue weighted by molar-refractivity contribution is 7.99. The molecule has 132 valence electrons. The van der Waals surface area contributed by atoms with Gasteiger partial charge in [-0.2, -0.15) is 0 Å². The third-order valence-electron chi connectivity index (χ3n) is 3.59. The van der Waals surface area contributed by atoms with Gasteiger partial charge < -0.3 is 10.1 Å². The van der Waals surface area contributed by atoms with Crippen LogP contribution in [0.5, 0.6) is 11.6 Å². The standard InChI is InChI=1S/C21H20N2O2S/c24-20(12-14-26-19-9-2-1-3-10-19)23-16-17-7-6-8-18(15-17)25-21-11-4-5-13-22-21/h1-11,13,15H,12,14,16H2,(H,23,24). The number of thioether (sulfide) groups is 1. The van der Waals surface area contributed by atoms with Gasteiger partial charge in [-0.15, -0.1) is 11.8 Å². The van der Waals surface area contributed by atoms with Crippen molar-refractivity contribution < 1.29 is 9.53 Å². The van der Waals surface area contributed by atoms with Gasteiger partial charge in [-0.3, -0.25) is 4.79 Å². The Kier molecular flexibility index (Phi) is 6.67. The molecule has 0 aliphatic heterocycles. The van der Waals surface area contributed by atoms with Crippen molar-refractivity contribution in [1.82, 2.24) is 10.3 Å². The first kappa shape index (κ1) is 18.0. The summed E-state index contributed by atoms with van der Waals surface area (Å²) in [5, 5.41) is 2.95. The lowest BCUT2D eigenvalue weighted by Crippen LogP contribution is -2.22. The van der Waals surface area contributed by atoms with Crippen molar-refractivity contribution in [2.45, 2.75) is 17.9 Å². The van der Waals surface area contributed by atoms with Crippen LogP contribution in [0.15, 0.2) is 83.9 Å². The van der Waals surface area contributed by atoms with Crippen molar-refractivity contribution in [2.75, 3.05) is 5.75 Å². The molecule has 1 heterocycles. The smallest absolute Gasteiger partial charge is 0.221 e. The highest BCUT2D eigenvalue weighted by Crippen LogP contribution is 2.20. The van der Waals surface area contributed by atoms with E-state index in [4.69, 9.17) is 4.74 Å². The average Bonchev–Trinajstić information content (AvgIpc) is 2.68. The van der Waals surface area contributed by atoms with Crippen LogP contribution < -0.4 is 10.1 Å². The van der Waals surface area contributed by atoms with Crippen molar-refractivity contribution in [3.05, 3.63) is 84.6 Å². The van der Waals surface area contributed by atoms with E-state index in [1.165, 1.54) is 4.90 Å². The molecule has 26 heavy (non-hydrogen) atoms. The van der Waals surface area contributed by atoms with Gasteiger partial charge in [0, 0.05) is 35.9 Å². The number of nitrogens with one attached hydrogen (secondary N) is 1. The Morgan fingerprint density at radius 1 is 1.00 bits per heavy atom. The Hall–Kier alpha value is -2.79. The maximum absolute atomic E-state index is 12.0. The first-order chi connectivity index (χ1) is 12.8. The predicted octanol–water partition coefficient (Wildman–Crippen LogP) is 4.67. The van der Waals surface area contributed by atoms with E-state index in [0.717, 1.165) is 11.3 Å². The van der Waals surface area contributed by atoms with Crippen LogP contribution in [-0.4, -0.2) is 16.6 Å². The lowest BCUT2D eigenvalue weighted by molar-refractivity contribution is -0.120. The molecule has 1 aromatic heterocycles. The Bertz CT molecular complexity index is 826. The normalized spacial score (nSPS) is 10.3. The number of hydrogen-bond acceptors (Lipinski definition) is 4. The SMILES string of the molecule is O=C(CCSc1ccccc1)NCc1cccc(Oc2ccccn2)c1. The fraction of sp³-hybridized carbons (Fsp3) is 0.143. The number of rotatable bonds is 8. The van der Waals surface area contributed by atoms with Crippen LogP contribution in [0.2, 0.25) is 0 Å². The number of pyridine rings is 1. The molecule has 4 nitrogen and oxygen atoms in total. The van der Waals surface area contributed by atoms with E-state index in [0.29, 0.717) is 24.6 Å². The minimum atomic E-state index is 0.0458. The first-order valence-electron chi connectivity index (χ1n) is 8.42. The molecule has 3 aromatic rings. The second-order valence-electron chi connectivity index (χ2n) is 5.61. The van der Waals surface area contributed by atoms with Crippen LogP contribution in [0.25, 0.3) is 0 Å². The van der Waals surface area contributed by atoms with Crippen molar-refractivity contribution in [2.24, 2.45) is 0 Å². The molecular weight excluding hydrogens is 344 g/mol. The minimum absolute atomic E-state index is 0.0458. The second kappa shape index (κ2) is 9.63. The number of nitrogens with zero attached hydrogens (tertiary/aromatic N) is 1. The number of aromatic nitrogens is 1. The van der Waals surface area contributed by atoms with Gasteiger partial charge >= 0.3 is 0 Å². The molecule has 2 aromatic carbocycles. The molecule has 0 saturated carbocycles. The van der Waals surface area contributed by atoms with Gasteiger partial charge in [0.25, 0.3) is 0 Å². The zero-order chi connectivity index (χ0) is 18.0. The molecule has 0 aliphatic rings. The predicted molar refractivity (Wildman–Crippen MR) is 104 cm³/mol. The van der Waals surface area contributed by atoms with E-state index in [2.05, 4.69) is 22.4 Å². The van der Waals surface area contributed by atoms with Crippen LogP contribution in [0.4, 0.5) is 0 Å². The summed E-state index contributed by atoms with van der Waals surface area (Å²) in [5.74, 6) is 2.06. The van der Waals surface area contributed by atoms with Crippen LogP contribution in [0, 0.1) is 0 Å². The largest absolute Gasteiger partial charge is 0.439 e. The van der Waals surface area contributed by atoms with Crippen LogP contribution in [-0.2, 0) is 11.3 Å². The summed E-state index contributed by atoms with van der Waals surface area (Å²) in [6.07, 6.45) is 2.18. The van der Waals surface area contributed by atoms with E-state index in [9.17, 15) is 4.79 Å². The Balaban J connectivity index is 1.44. The topological polar surface area (TPSA) is 51.2 Å². The number of carbonyl (C=O) groups excluding carboxylic acids is 1. The number of hydrogen-bond donors (Lipinski definition) is 1. The minimum Gasteiger partial charge on any atom is -0.439 e. The lowest BCUT2D eigenvalue weighted by atomic mass is 10.2. The van der Waals surface area contributed by atoms with Gasteiger partial charge in [0.2, 0.25) is 11.8 Å². The molecule has 3 rings (SSSR count). The summed E-state index contributed by atoms with van der Waals surface area (Å²) in [7, 11) is 0. The third-order valence-corrected chi connectivity index (χ3v) is 4.60.